The zero-order valence-electron chi connectivity index (χ0n) is 12.2. The van der Waals surface area contributed by atoms with Gasteiger partial charge in [-0.05, 0) is 31.0 Å². The molecule has 1 fully saturated rings. The Morgan fingerprint density at radius 3 is 2.81 bits per heavy atom. The molecule has 1 aliphatic carbocycles. The fourth-order valence-electron chi connectivity index (χ4n) is 3.38. The Bertz CT molecular complexity index is 614. The van der Waals surface area contributed by atoms with Crippen molar-refractivity contribution >= 4 is 16.8 Å². The number of aliphatic hydroxyl groups is 1. The lowest BCUT2D eigenvalue weighted by Gasteiger charge is -2.34. The molecule has 0 bridgehead atoms. The van der Waals surface area contributed by atoms with Gasteiger partial charge in [0.05, 0.1) is 6.61 Å². The van der Waals surface area contributed by atoms with Crippen LogP contribution in [0.1, 0.15) is 42.5 Å². The number of hydrogen-bond donors (Lipinski definition) is 2. The lowest BCUT2D eigenvalue weighted by Crippen LogP contribution is -2.43. The topological polar surface area (TPSA) is 56.3 Å². The summed E-state index contributed by atoms with van der Waals surface area (Å²) in [4.78, 5) is 18.0. The van der Waals surface area contributed by atoms with E-state index < -0.39 is 0 Å². The first-order valence-electron chi connectivity index (χ1n) is 7.79. The molecule has 1 amide bonds. The summed E-state index contributed by atoms with van der Waals surface area (Å²) in [5.74, 6) is 0.0427. The Hall–Kier alpha value is -1.81. The van der Waals surface area contributed by atoms with E-state index in [1.165, 1.54) is 19.3 Å². The number of fused-ring (bicyclic) bond motifs is 1. The summed E-state index contributed by atoms with van der Waals surface area (Å²) in [5.41, 5.74) is 1.71. The van der Waals surface area contributed by atoms with Crippen molar-refractivity contribution in [2.75, 3.05) is 13.2 Å². The van der Waals surface area contributed by atoms with Crippen LogP contribution < -0.4 is 0 Å². The average Bonchev–Trinajstić information content (AvgIpc) is 3.01. The number of aromatic amines is 1. The third-order valence-corrected chi connectivity index (χ3v) is 4.44. The summed E-state index contributed by atoms with van der Waals surface area (Å²) in [6.07, 6.45) is 7.57. The summed E-state index contributed by atoms with van der Waals surface area (Å²) >= 11 is 0. The molecular formula is C17H22N2O2. The van der Waals surface area contributed by atoms with Crippen molar-refractivity contribution in [2.24, 2.45) is 0 Å². The Morgan fingerprint density at radius 1 is 1.24 bits per heavy atom. The molecule has 0 unspecified atom stereocenters. The molecule has 2 N–H and O–H groups in total. The summed E-state index contributed by atoms with van der Waals surface area (Å²) in [7, 11) is 0. The Balaban J connectivity index is 1.91. The summed E-state index contributed by atoms with van der Waals surface area (Å²) in [6.45, 7) is 0.440. The van der Waals surface area contributed by atoms with Crippen LogP contribution >= 0.6 is 0 Å². The van der Waals surface area contributed by atoms with E-state index in [2.05, 4.69) is 4.98 Å². The van der Waals surface area contributed by atoms with Crippen molar-refractivity contribution in [1.82, 2.24) is 9.88 Å². The monoisotopic (exact) mass is 286 g/mol. The molecule has 112 valence electrons. The van der Waals surface area contributed by atoms with Gasteiger partial charge >= 0.3 is 0 Å². The SMILES string of the molecule is O=C(c1cccc2[nH]ccc12)N(CCO)C1CCCCC1. The van der Waals surface area contributed by atoms with E-state index in [-0.39, 0.29) is 18.6 Å². The fourth-order valence-corrected chi connectivity index (χ4v) is 3.38. The molecule has 0 radical (unpaired) electrons. The van der Waals surface area contributed by atoms with Crippen LogP contribution in [0, 0.1) is 0 Å². The summed E-state index contributed by atoms with van der Waals surface area (Å²) < 4.78 is 0. The number of H-pyrrole nitrogens is 1. The quantitative estimate of drug-likeness (QED) is 0.908. The third-order valence-electron chi connectivity index (χ3n) is 4.44. The number of amides is 1. The van der Waals surface area contributed by atoms with Crippen molar-refractivity contribution in [1.29, 1.82) is 0 Å². The maximum atomic E-state index is 12.9. The maximum Gasteiger partial charge on any atom is 0.254 e. The van der Waals surface area contributed by atoms with Gasteiger partial charge in [-0.15, -0.1) is 0 Å². The first-order valence-corrected chi connectivity index (χ1v) is 7.79. The molecule has 3 rings (SSSR count). The zero-order chi connectivity index (χ0) is 14.7. The smallest absolute Gasteiger partial charge is 0.254 e. The van der Waals surface area contributed by atoms with Crippen LogP contribution in [-0.2, 0) is 0 Å². The Labute approximate surface area is 124 Å². The molecule has 21 heavy (non-hydrogen) atoms. The van der Waals surface area contributed by atoms with Crippen LogP contribution in [0.2, 0.25) is 0 Å². The molecule has 0 atom stereocenters. The fraction of sp³-hybridized carbons (Fsp3) is 0.471. The minimum absolute atomic E-state index is 0.0192. The molecule has 1 aliphatic rings. The van der Waals surface area contributed by atoms with E-state index in [0.29, 0.717) is 6.54 Å². The Morgan fingerprint density at radius 2 is 2.05 bits per heavy atom. The number of aromatic nitrogens is 1. The van der Waals surface area contributed by atoms with Gasteiger partial charge in [-0.2, -0.15) is 0 Å². The normalized spacial score (nSPS) is 16.2. The highest BCUT2D eigenvalue weighted by Gasteiger charge is 2.26. The molecule has 0 saturated heterocycles. The van der Waals surface area contributed by atoms with Crippen molar-refractivity contribution in [3.8, 4) is 0 Å². The molecule has 4 heteroatoms. The largest absolute Gasteiger partial charge is 0.395 e. The van der Waals surface area contributed by atoms with Gasteiger partial charge in [-0.1, -0.05) is 25.3 Å². The molecule has 1 aromatic heterocycles. The Kier molecular flexibility index (Phi) is 4.25. The van der Waals surface area contributed by atoms with Crippen LogP contribution in [0.4, 0.5) is 0 Å². The standard InChI is InChI=1S/C17H22N2O2/c20-12-11-19(13-5-2-1-3-6-13)17(21)15-7-4-8-16-14(15)9-10-18-16/h4,7-10,13,18,20H,1-3,5-6,11-12H2. The molecule has 1 heterocycles. The highest BCUT2D eigenvalue weighted by Crippen LogP contribution is 2.26. The number of nitrogens with zero attached hydrogens (tertiary/aromatic N) is 1. The van der Waals surface area contributed by atoms with Crippen molar-refractivity contribution < 1.29 is 9.90 Å². The second kappa shape index (κ2) is 6.31. The molecule has 1 aromatic carbocycles. The van der Waals surface area contributed by atoms with Gasteiger partial charge in [0.2, 0.25) is 0 Å². The van der Waals surface area contributed by atoms with Crippen LogP contribution in [0.5, 0.6) is 0 Å². The highest BCUT2D eigenvalue weighted by molar-refractivity contribution is 6.06. The lowest BCUT2D eigenvalue weighted by molar-refractivity contribution is 0.0587. The van der Waals surface area contributed by atoms with Crippen molar-refractivity contribution in [3.05, 3.63) is 36.0 Å². The molecule has 4 nitrogen and oxygen atoms in total. The number of nitrogens with one attached hydrogen (secondary N) is 1. The van der Waals surface area contributed by atoms with E-state index in [0.717, 1.165) is 29.3 Å². The third kappa shape index (κ3) is 2.81. The van der Waals surface area contributed by atoms with Gasteiger partial charge in [0, 0.05) is 35.2 Å². The second-order valence-corrected chi connectivity index (χ2v) is 5.76. The molecular weight excluding hydrogens is 264 g/mol. The van der Waals surface area contributed by atoms with E-state index >= 15 is 0 Å². The number of hydrogen-bond acceptors (Lipinski definition) is 2. The van der Waals surface area contributed by atoms with Gasteiger partial charge in [0.15, 0.2) is 0 Å². The number of benzene rings is 1. The predicted molar refractivity (Wildman–Crippen MR) is 83.3 cm³/mol. The van der Waals surface area contributed by atoms with Crippen LogP contribution in [0.3, 0.4) is 0 Å². The second-order valence-electron chi connectivity index (χ2n) is 5.76. The number of aliphatic hydroxyl groups excluding tert-OH is 1. The van der Waals surface area contributed by atoms with Crippen molar-refractivity contribution in [2.45, 2.75) is 38.1 Å². The molecule has 2 aromatic rings. The van der Waals surface area contributed by atoms with Gasteiger partial charge < -0.3 is 15.0 Å². The van der Waals surface area contributed by atoms with Crippen LogP contribution in [0.15, 0.2) is 30.5 Å². The van der Waals surface area contributed by atoms with E-state index in [1.807, 2.05) is 35.4 Å². The van der Waals surface area contributed by atoms with E-state index in [1.54, 1.807) is 0 Å². The average molecular weight is 286 g/mol. The summed E-state index contributed by atoms with van der Waals surface area (Å²) in [6, 6.07) is 7.98. The number of rotatable bonds is 4. The highest BCUT2D eigenvalue weighted by atomic mass is 16.3. The van der Waals surface area contributed by atoms with E-state index in [9.17, 15) is 9.90 Å². The minimum Gasteiger partial charge on any atom is -0.395 e. The van der Waals surface area contributed by atoms with Gasteiger partial charge in [0.25, 0.3) is 5.91 Å². The van der Waals surface area contributed by atoms with Gasteiger partial charge in [-0.3, -0.25) is 4.79 Å². The lowest BCUT2D eigenvalue weighted by atomic mass is 9.93. The first kappa shape index (κ1) is 14.1. The predicted octanol–water partition coefficient (Wildman–Crippen LogP) is 2.94. The minimum atomic E-state index is 0.0192. The molecule has 0 aliphatic heterocycles. The van der Waals surface area contributed by atoms with Crippen LogP contribution in [-0.4, -0.2) is 40.1 Å². The molecule has 1 saturated carbocycles. The van der Waals surface area contributed by atoms with E-state index in [4.69, 9.17) is 0 Å². The summed E-state index contributed by atoms with van der Waals surface area (Å²) in [5, 5.41) is 10.3. The zero-order valence-corrected chi connectivity index (χ0v) is 12.2. The van der Waals surface area contributed by atoms with Gasteiger partial charge in [-0.25, -0.2) is 0 Å². The molecule has 0 spiro atoms. The number of carbonyl (C=O) groups is 1. The van der Waals surface area contributed by atoms with Crippen molar-refractivity contribution in [3.63, 3.8) is 0 Å². The maximum absolute atomic E-state index is 12.9. The van der Waals surface area contributed by atoms with Gasteiger partial charge in [0.1, 0.15) is 0 Å². The van der Waals surface area contributed by atoms with Crippen LogP contribution in [0.25, 0.3) is 10.9 Å². The number of carbonyl (C=O) groups excluding carboxylic acids is 1. The first-order chi connectivity index (χ1) is 10.3.